The monoisotopic (exact) mass is 408 g/mol. The van der Waals surface area contributed by atoms with Crippen LogP contribution in [-0.4, -0.2) is 28.6 Å². The Hall–Kier alpha value is -2.07. The summed E-state index contributed by atoms with van der Waals surface area (Å²) in [4.78, 5) is 24.6. The van der Waals surface area contributed by atoms with Crippen LogP contribution >= 0.6 is 15.9 Å². The number of ether oxygens (including phenoxy) is 1. The molecule has 0 saturated heterocycles. The molecular formula is C18H21BrN2O4. The number of carbonyl (C=O) groups is 2. The maximum Gasteiger partial charge on any atom is 0.342 e. The van der Waals surface area contributed by atoms with E-state index in [1.807, 2.05) is 0 Å². The summed E-state index contributed by atoms with van der Waals surface area (Å²) >= 11 is 3.17. The van der Waals surface area contributed by atoms with E-state index in [1.165, 1.54) is 13.0 Å². The maximum atomic E-state index is 12.3. The van der Waals surface area contributed by atoms with Crippen molar-refractivity contribution in [2.24, 2.45) is 0 Å². The molecule has 0 aliphatic heterocycles. The van der Waals surface area contributed by atoms with E-state index in [1.54, 1.807) is 13.0 Å². The number of hydrogen-bond donors (Lipinski definition) is 2. The second kappa shape index (κ2) is 7.87. The first-order valence-electron chi connectivity index (χ1n) is 8.21. The average molecular weight is 409 g/mol. The molecule has 0 aromatic heterocycles. The van der Waals surface area contributed by atoms with Crippen molar-refractivity contribution in [3.63, 3.8) is 0 Å². The highest BCUT2D eigenvalue weighted by Gasteiger charge is 2.35. The van der Waals surface area contributed by atoms with Gasteiger partial charge in [-0.1, -0.05) is 19.3 Å². The van der Waals surface area contributed by atoms with Gasteiger partial charge < -0.3 is 15.2 Å². The number of esters is 1. The number of amides is 1. The van der Waals surface area contributed by atoms with Crippen molar-refractivity contribution >= 4 is 27.8 Å². The molecular weight excluding hydrogens is 388 g/mol. The summed E-state index contributed by atoms with van der Waals surface area (Å²) < 4.78 is 5.56. The van der Waals surface area contributed by atoms with Gasteiger partial charge in [0, 0.05) is 0 Å². The zero-order valence-electron chi connectivity index (χ0n) is 14.3. The zero-order valence-corrected chi connectivity index (χ0v) is 15.9. The Morgan fingerprint density at radius 1 is 1.36 bits per heavy atom. The third-order valence-electron chi connectivity index (χ3n) is 4.36. The molecule has 1 amide bonds. The summed E-state index contributed by atoms with van der Waals surface area (Å²) in [6.45, 7) is 3.22. The molecule has 1 saturated carbocycles. The van der Waals surface area contributed by atoms with Gasteiger partial charge in [0.15, 0.2) is 6.10 Å². The zero-order chi connectivity index (χ0) is 18.6. The van der Waals surface area contributed by atoms with Gasteiger partial charge in [-0.15, -0.1) is 0 Å². The molecule has 1 atom stereocenters. The minimum atomic E-state index is -1.07. The lowest BCUT2D eigenvalue weighted by Crippen LogP contribution is -2.52. The summed E-state index contributed by atoms with van der Waals surface area (Å²) in [7, 11) is 0. The first-order valence-corrected chi connectivity index (χ1v) is 9.01. The van der Waals surface area contributed by atoms with Gasteiger partial charge >= 0.3 is 5.97 Å². The Bertz CT molecular complexity index is 721. The van der Waals surface area contributed by atoms with Crippen LogP contribution in [0, 0.1) is 18.3 Å². The largest absolute Gasteiger partial charge is 0.506 e. The van der Waals surface area contributed by atoms with Crippen molar-refractivity contribution in [3.8, 4) is 11.8 Å². The lowest BCUT2D eigenvalue weighted by Gasteiger charge is -2.32. The SMILES string of the molecule is Cc1cc(Br)c(O)c(C(=O)OC(C)C(=O)NC2(C#N)CCCCC2)c1. The van der Waals surface area contributed by atoms with E-state index in [2.05, 4.69) is 27.3 Å². The van der Waals surface area contributed by atoms with Gasteiger partial charge in [-0.05, 0) is 60.3 Å². The van der Waals surface area contributed by atoms with Crippen molar-refractivity contribution in [1.82, 2.24) is 5.32 Å². The van der Waals surface area contributed by atoms with Gasteiger partial charge in [-0.25, -0.2) is 4.79 Å². The molecule has 1 fully saturated rings. The topological polar surface area (TPSA) is 99.4 Å². The molecule has 6 nitrogen and oxygen atoms in total. The molecule has 2 rings (SSSR count). The van der Waals surface area contributed by atoms with Crippen LogP contribution in [-0.2, 0) is 9.53 Å². The molecule has 0 spiro atoms. The molecule has 1 aliphatic carbocycles. The van der Waals surface area contributed by atoms with E-state index in [0.29, 0.717) is 17.3 Å². The fourth-order valence-corrected chi connectivity index (χ4v) is 3.50. The quantitative estimate of drug-likeness (QED) is 0.743. The fraction of sp³-hybridized carbons (Fsp3) is 0.500. The normalized spacial score (nSPS) is 17.2. The number of phenolic OH excluding ortho intramolecular Hbond substituents is 1. The summed E-state index contributed by atoms with van der Waals surface area (Å²) in [6.07, 6.45) is 2.94. The van der Waals surface area contributed by atoms with Gasteiger partial charge in [-0.2, -0.15) is 5.26 Å². The fourth-order valence-electron chi connectivity index (χ4n) is 2.93. The van der Waals surface area contributed by atoms with Crippen molar-refractivity contribution in [2.75, 3.05) is 0 Å². The van der Waals surface area contributed by atoms with Gasteiger partial charge in [0.1, 0.15) is 16.9 Å². The highest BCUT2D eigenvalue weighted by molar-refractivity contribution is 9.10. The van der Waals surface area contributed by atoms with Crippen molar-refractivity contribution in [1.29, 1.82) is 5.26 Å². The number of nitrogens with zero attached hydrogens (tertiary/aromatic N) is 1. The standard InChI is InChI=1S/C18H21BrN2O4/c1-11-8-13(15(22)14(19)9-11)17(24)25-12(2)16(23)21-18(10-20)6-4-3-5-7-18/h8-9,12,22H,3-7H2,1-2H3,(H,21,23). The number of nitriles is 1. The van der Waals surface area contributed by atoms with E-state index >= 15 is 0 Å². The van der Waals surface area contributed by atoms with E-state index < -0.39 is 23.5 Å². The third-order valence-corrected chi connectivity index (χ3v) is 4.97. The first-order chi connectivity index (χ1) is 11.8. The van der Waals surface area contributed by atoms with Crippen molar-refractivity contribution in [3.05, 3.63) is 27.7 Å². The van der Waals surface area contributed by atoms with Gasteiger partial charge in [0.2, 0.25) is 0 Å². The van der Waals surface area contributed by atoms with Crippen molar-refractivity contribution < 1.29 is 19.4 Å². The minimum Gasteiger partial charge on any atom is -0.506 e. The van der Waals surface area contributed by atoms with E-state index in [9.17, 15) is 20.0 Å². The summed E-state index contributed by atoms with van der Waals surface area (Å²) in [6, 6.07) is 5.35. The first kappa shape index (κ1) is 19.3. The van der Waals surface area contributed by atoms with Crippen molar-refractivity contribution in [2.45, 2.75) is 57.6 Å². The molecule has 1 aliphatic rings. The smallest absolute Gasteiger partial charge is 0.342 e. The number of carbonyl (C=O) groups excluding carboxylic acids is 2. The van der Waals surface area contributed by atoms with Crippen LogP contribution in [0.25, 0.3) is 0 Å². The van der Waals surface area contributed by atoms with Crippen LogP contribution in [0.15, 0.2) is 16.6 Å². The Morgan fingerprint density at radius 3 is 2.60 bits per heavy atom. The Balaban J connectivity index is 2.06. The molecule has 1 unspecified atom stereocenters. The summed E-state index contributed by atoms with van der Waals surface area (Å²) in [5.74, 6) is -1.54. The Labute approximate surface area is 155 Å². The molecule has 0 radical (unpaired) electrons. The second-order valence-electron chi connectivity index (χ2n) is 6.43. The van der Waals surface area contributed by atoms with Gasteiger partial charge in [0.25, 0.3) is 5.91 Å². The lowest BCUT2D eigenvalue weighted by molar-refractivity contribution is -0.130. The lowest BCUT2D eigenvalue weighted by atomic mass is 9.83. The number of aromatic hydroxyl groups is 1. The number of phenols is 1. The van der Waals surface area contributed by atoms with Gasteiger partial charge in [0.05, 0.1) is 10.5 Å². The predicted molar refractivity (Wildman–Crippen MR) is 95.0 cm³/mol. The second-order valence-corrected chi connectivity index (χ2v) is 7.29. The highest BCUT2D eigenvalue weighted by atomic mass is 79.9. The minimum absolute atomic E-state index is 0.0146. The number of rotatable bonds is 4. The van der Waals surface area contributed by atoms with Crippen LogP contribution in [0.2, 0.25) is 0 Å². The van der Waals surface area contributed by atoms with E-state index in [0.717, 1.165) is 24.8 Å². The Kier molecular flexibility index (Phi) is 6.07. The summed E-state index contributed by atoms with van der Waals surface area (Å²) in [5.41, 5.74) is -0.136. The number of benzene rings is 1. The predicted octanol–water partition coefficient (Wildman–Crippen LogP) is 3.35. The van der Waals surface area contributed by atoms with Crippen LogP contribution in [0.5, 0.6) is 5.75 Å². The van der Waals surface area contributed by atoms with Crippen LogP contribution < -0.4 is 5.32 Å². The molecule has 0 bridgehead atoms. The number of aryl methyl sites for hydroxylation is 1. The molecule has 1 aromatic rings. The number of hydrogen-bond acceptors (Lipinski definition) is 5. The molecule has 1 aromatic carbocycles. The van der Waals surface area contributed by atoms with E-state index in [4.69, 9.17) is 4.74 Å². The summed E-state index contributed by atoms with van der Waals surface area (Å²) in [5, 5.41) is 22.1. The molecule has 25 heavy (non-hydrogen) atoms. The molecule has 0 heterocycles. The van der Waals surface area contributed by atoms with E-state index in [-0.39, 0.29) is 11.3 Å². The molecule has 2 N–H and O–H groups in total. The van der Waals surface area contributed by atoms with Crippen LogP contribution in [0.1, 0.15) is 54.9 Å². The van der Waals surface area contributed by atoms with Crippen LogP contribution in [0.3, 0.4) is 0 Å². The highest BCUT2D eigenvalue weighted by Crippen LogP contribution is 2.30. The molecule has 134 valence electrons. The number of halogens is 1. The maximum absolute atomic E-state index is 12.3. The average Bonchev–Trinajstić information content (AvgIpc) is 2.58. The molecule has 7 heteroatoms. The third kappa shape index (κ3) is 4.51. The Morgan fingerprint density at radius 2 is 2.00 bits per heavy atom. The van der Waals surface area contributed by atoms with Gasteiger partial charge in [-0.3, -0.25) is 4.79 Å². The number of nitrogens with one attached hydrogen (secondary N) is 1. The van der Waals surface area contributed by atoms with Crippen LogP contribution in [0.4, 0.5) is 0 Å².